The Labute approximate surface area is 214 Å². The van der Waals surface area contributed by atoms with Crippen LogP contribution in [0.5, 0.6) is 11.5 Å². The molecule has 10 heteroatoms. The Bertz CT molecular complexity index is 1040. The Balaban J connectivity index is 1.17. The van der Waals surface area contributed by atoms with Gasteiger partial charge in [0.2, 0.25) is 13.1 Å². The van der Waals surface area contributed by atoms with Gasteiger partial charge in [0.05, 0.1) is 26.4 Å². The van der Waals surface area contributed by atoms with Crippen LogP contribution >= 0.6 is 11.3 Å². The second kappa shape index (κ2) is 12.1. The van der Waals surface area contributed by atoms with Crippen molar-refractivity contribution in [2.24, 2.45) is 0 Å². The normalized spacial score (nSPS) is 21.8. The minimum absolute atomic E-state index is 0.0223. The summed E-state index contributed by atoms with van der Waals surface area (Å²) >= 11 is 1.64. The van der Waals surface area contributed by atoms with Crippen molar-refractivity contribution in [3.05, 3.63) is 58.0 Å². The van der Waals surface area contributed by atoms with E-state index < -0.39 is 6.29 Å². The molecule has 4 heterocycles. The number of allylic oxidation sites excluding steroid dienone is 1. The van der Waals surface area contributed by atoms with Gasteiger partial charge in [0.1, 0.15) is 0 Å². The molecule has 1 amide bonds. The monoisotopic (exact) mass is 516 g/mol. The predicted molar refractivity (Wildman–Crippen MR) is 133 cm³/mol. The number of aliphatic hydroxyl groups excluding tert-OH is 1. The highest BCUT2D eigenvalue weighted by Crippen LogP contribution is 2.34. The number of amides is 1. The summed E-state index contributed by atoms with van der Waals surface area (Å²) in [6.07, 6.45) is 2.05. The molecule has 9 nitrogen and oxygen atoms in total. The molecule has 194 valence electrons. The number of nitrogens with zero attached hydrogens (tertiary/aromatic N) is 2. The largest absolute Gasteiger partial charge is 0.459 e. The summed E-state index contributed by atoms with van der Waals surface area (Å²) < 4.78 is 28.1. The van der Waals surface area contributed by atoms with Crippen molar-refractivity contribution in [3.8, 4) is 11.5 Å². The van der Waals surface area contributed by atoms with E-state index in [1.165, 1.54) is 5.56 Å². The molecule has 1 fully saturated rings. The van der Waals surface area contributed by atoms with E-state index in [0.717, 1.165) is 36.7 Å². The van der Waals surface area contributed by atoms with Crippen LogP contribution in [0.4, 0.5) is 0 Å². The SMILES string of the molecule is O=C(C1=C[C@@H](c2ccsc2)C[C@@H](OCCOCCO)O1)N1CCN(Cc2ccc3c(c2)OCO3)CC1. The molecule has 3 aliphatic heterocycles. The number of hydrogen-bond acceptors (Lipinski definition) is 9. The van der Waals surface area contributed by atoms with Gasteiger partial charge in [-0.25, -0.2) is 0 Å². The van der Waals surface area contributed by atoms with Gasteiger partial charge in [0.15, 0.2) is 17.3 Å². The van der Waals surface area contributed by atoms with E-state index in [1.807, 2.05) is 28.5 Å². The first-order chi connectivity index (χ1) is 17.7. The lowest BCUT2D eigenvalue weighted by Gasteiger charge is -2.36. The second-order valence-corrected chi connectivity index (χ2v) is 9.72. The summed E-state index contributed by atoms with van der Waals surface area (Å²) in [5.74, 6) is 1.89. The molecule has 5 rings (SSSR count). The zero-order valence-corrected chi connectivity index (χ0v) is 21.0. The lowest BCUT2D eigenvalue weighted by molar-refractivity contribution is -0.157. The zero-order valence-electron chi connectivity index (χ0n) is 20.2. The van der Waals surface area contributed by atoms with Crippen molar-refractivity contribution in [3.63, 3.8) is 0 Å². The molecule has 1 N–H and O–H groups in total. The summed E-state index contributed by atoms with van der Waals surface area (Å²) in [5.41, 5.74) is 2.33. The number of thiophene rings is 1. The van der Waals surface area contributed by atoms with Crippen LogP contribution in [-0.4, -0.2) is 86.5 Å². The maximum atomic E-state index is 13.4. The van der Waals surface area contributed by atoms with E-state index in [-0.39, 0.29) is 31.8 Å². The summed E-state index contributed by atoms with van der Waals surface area (Å²) in [6, 6.07) is 8.12. The summed E-state index contributed by atoms with van der Waals surface area (Å²) in [6.45, 7) is 4.85. The van der Waals surface area contributed by atoms with Gasteiger partial charge in [0, 0.05) is 45.1 Å². The van der Waals surface area contributed by atoms with Gasteiger partial charge in [-0.2, -0.15) is 11.3 Å². The number of carbonyl (C=O) groups excluding carboxylic acids is 1. The Morgan fingerprint density at radius 1 is 1.08 bits per heavy atom. The molecule has 3 aliphatic rings. The predicted octanol–water partition coefficient (Wildman–Crippen LogP) is 2.56. The molecular formula is C26H32N2O7S. The zero-order chi connectivity index (χ0) is 24.7. The molecule has 36 heavy (non-hydrogen) atoms. The third-order valence-electron chi connectivity index (χ3n) is 6.51. The lowest BCUT2D eigenvalue weighted by Crippen LogP contribution is -2.49. The van der Waals surface area contributed by atoms with E-state index in [1.54, 1.807) is 11.3 Å². The molecule has 2 atom stereocenters. The molecule has 0 bridgehead atoms. The van der Waals surface area contributed by atoms with Crippen LogP contribution < -0.4 is 9.47 Å². The quantitative estimate of drug-likeness (QED) is 0.482. The molecule has 1 aromatic carbocycles. The number of carbonyl (C=O) groups is 1. The second-order valence-electron chi connectivity index (χ2n) is 8.94. The van der Waals surface area contributed by atoms with Crippen LogP contribution in [0.1, 0.15) is 23.5 Å². The first-order valence-electron chi connectivity index (χ1n) is 12.3. The molecule has 1 saturated heterocycles. The number of hydrogen-bond donors (Lipinski definition) is 1. The van der Waals surface area contributed by atoms with E-state index >= 15 is 0 Å². The maximum absolute atomic E-state index is 13.4. The molecule has 0 unspecified atom stereocenters. The van der Waals surface area contributed by atoms with Gasteiger partial charge < -0.3 is 33.7 Å². The molecule has 1 aromatic heterocycles. The first kappa shape index (κ1) is 25.0. The molecule has 0 spiro atoms. The summed E-state index contributed by atoms with van der Waals surface area (Å²) in [7, 11) is 0. The average molecular weight is 517 g/mol. The Morgan fingerprint density at radius 3 is 2.75 bits per heavy atom. The highest BCUT2D eigenvalue weighted by molar-refractivity contribution is 7.08. The third kappa shape index (κ3) is 6.19. The van der Waals surface area contributed by atoms with Gasteiger partial charge in [-0.15, -0.1) is 0 Å². The highest BCUT2D eigenvalue weighted by atomic mass is 32.1. The van der Waals surface area contributed by atoms with Crippen LogP contribution in [0.3, 0.4) is 0 Å². The minimum atomic E-state index is -0.524. The van der Waals surface area contributed by atoms with E-state index in [2.05, 4.69) is 22.4 Å². The van der Waals surface area contributed by atoms with E-state index in [0.29, 0.717) is 38.5 Å². The fourth-order valence-electron chi connectivity index (χ4n) is 4.60. The van der Waals surface area contributed by atoms with Crippen LogP contribution in [0.25, 0.3) is 0 Å². The smallest absolute Gasteiger partial charge is 0.288 e. The third-order valence-corrected chi connectivity index (χ3v) is 7.21. The Morgan fingerprint density at radius 2 is 1.94 bits per heavy atom. The van der Waals surface area contributed by atoms with Crippen molar-refractivity contribution in [2.75, 3.05) is 59.4 Å². The number of ether oxygens (including phenoxy) is 5. The van der Waals surface area contributed by atoms with Crippen LogP contribution in [0.15, 0.2) is 46.9 Å². The Kier molecular flexibility index (Phi) is 8.40. The fourth-order valence-corrected chi connectivity index (χ4v) is 5.32. The van der Waals surface area contributed by atoms with Crippen molar-refractivity contribution in [1.82, 2.24) is 9.80 Å². The standard InChI is InChI=1S/C26H32N2O7S/c29-8-9-31-10-11-32-25-15-21(20-3-12-36-17-20)14-24(35-25)26(30)28-6-4-27(5-7-28)16-19-1-2-22-23(13-19)34-18-33-22/h1-3,12-14,17,21,25,29H,4-11,15-16,18H2/t21-,25+/m1/s1. The summed E-state index contributed by atoms with van der Waals surface area (Å²) in [5, 5.41) is 13.0. The minimum Gasteiger partial charge on any atom is -0.459 e. The highest BCUT2D eigenvalue weighted by Gasteiger charge is 2.32. The van der Waals surface area contributed by atoms with Crippen LogP contribution in [-0.2, 0) is 25.5 Å². The number of piperazine rings is 1. The lowest BCUT2D eigenvalue weighted by atomic mass is 9.95. The van der Waals surface area contributed by atoms with Crippen molar-refractivity contribution < 1.29 is 33.6 Å². The Hall–Kier alpha value is -2.63. The maximum Gasteiger partial charge on any atom is 0.288 e. The van der Waals surface area contributed by atoms with Gasteiger partial charge in [-0.1, -0.05) is 6.07 Å². The first-order valence-corrected chi connectivity index (χ1v) is 13.2. The van der Waals surface area contributed by atoms with E-state index in [4.69, 9.17) is 28.8 Å². The number of benzene rings is 1. The van der Waals surface area contributed by atoms with Gasteiger partial charge in [-0.3, -0.25) is 9.69 Å². The topological polar surface area (TPSA) is 89.9 Å². The number of rotatable bonds is 10. The molecule has 2 aromatic rings. The molecule has 0 aliphatic carbocycles. The average Bonchev–Trinajstić information content (AvgIpc) is 3.61. The van der Waals surface area contributed by atoms with Crippen LogP contribution in [0.2, 0.25) is 0 Å². The molecular weight excluding hydrogens is 484 g/mol. The molecule has 0 saturated carbocycles. The fraction of sp³-hybridized carbons (Fsp3) is 0.500. The number of aliphatic hydroxyl groups is 1. The van der Waals surface area contributed by atoms with Gasteiger partial charge in [0.25, 0.3) is 5.91 Å². The number of fused-ring (bicyclic) bond motifs is 1. The summed E-state index contributed by atoms with van der Waals surface area (Å²) in [4.78, 5) is 17.6. The van der Waals surface area contributed by atoms with Crippen LogP contribution in [0, 0.1) is 0 Å². The molecule has 0 radical (unpaired) electrons. The van der Waals surface area contributed by atoms with Crippen molar-refractivity contribution in [2.45, 2.75) is 25.2 Å². The van der Waals surface area contributed by atoms with Gasteiger partial charge in [-0.05, 0) is 46.2 Å². The van der Waals surface area contributed by atoms with Gasteiger partial charge >= 0.3 is 0 Å². The van der Waals surface area contributed by atoms with Crippen molar-refractivity contribution >= 4 is 17.2 Å². The van der Waals surface area contributed by atoms with Crippen molar-refractivity contribution in [1.29, 1.82) is 0 Å². The van der Waals surface area contributed by atoms with E-state index in [9.17, 15) is 4.79 Å².